The van der Waals surface area contributed by atoms with Crippen LogP contribution in [0.3, 0.4) is 0 Å². The van der Waals surface area contributed by atoms with Crippen molar-refractivity contribution in [2.45, 2.75) is 13.8 Å². The standard InChI is InChI=1S/C16H15BrN2O2/c1-10-3-4-14(11(2)5-10)19-18-8-12-6-15-16(7-13(12)17)21-9-20-15/h3-8,19H,9H2,1-2H3. The van der Waals surface area contributed by atoms with Gasteiger partial charge in [0.15, 0.2) is 11.5 Å². The third kappa shape index (κ3) is 3.03. The van der Waals surface area contributed by atoms with Crippen molar-refractivity contribution in [3.8, 4) is 11.5 Å². The van der Waals surface area contributed by atoms with E-state index in [0.29, 0.717) is 0 Å². The largest absolute Gasteiger partial charge is 0.454 e. The number of fused-ring (bicyclic) bond motifs is 1. The summed E-state index contributed by atoms with van der Waals surface area (Å²) in [6, 6.07) is 9.99. The lowest BCUT2D eigenvalue weighted by atomic mass is 10.1. The highest BCUT2D eigenvalue weighted by Gasteiger charge is 2.15. The van der Waals surface area contributed by atoms with Crippen LogP contribution in [0, 0.1) is 13.8 Å². The molecule has 3 rings (SSSR count). The molecule has 0 aromatic heterocycles. The van der Waals surface area contributed by atoms with Crippen LogP contribution in [-0.4, -0.2) is 13.0 Å². The molecule has 0 spiro atoms. The average Bonchev–Trinajstić information content (AvgIpc) is 2.88. The van der Waals surface area contributed by atoms with Crippen molar-refractivity contribution < 1.29 is 9.47 Å². The Labute approximate surface area is 131 Å². The van der Waals surface area contributed by atoms with E-state index in [4.69, 9.17) is 9.47 Å². The Hall–Kier alpha value is -2.01. The number of nitrogens with zero attached hydrogens (tertiary/aromatic N) is 1. The van der Waals surface area contributed by atoms with E-state index in [1.54, 1.807) is 6.21 Å². The Balaban J connectivity index is 1.77. The summed E-state index contributed by atoms with van der Waals surface area (Å²) in [5, 5.41) is 4.29. The van der Waals surface area contributed by atoms with Crippen LogP contribution in [0.25, 0.3) is 0 Å². The minimum atomic E-state index is 0.267. The smallest absolute Gasteiger partial charge is 0.231 e. The van der Waals surface area contributed by atoms with E-state index >= 15 is 0 Å². The molecular formula is C16H15BrN2O2. The molecule has 0 atom stereocenters. The van der Waals surface area contributed by atoms with Crippen molar-refractivity contribution in [1.82, 2.24) is 0 Å². The molecule has 0 amide bonds. The summed E-state index contributed by atoms with van der Waals surface area (Å²) in [7, 11) is 0. The average molecular weight is 347 g/mol. The maximum atomic E-state index is 5.37. The zero-order valence-electron chi connectivity index (χ0n) is 11.8. The van der Waals surface area contributed by atoms with Crippen molar-refractivity contribution in [1.29, 1.82) is 0 Å². The Morgan fingerprint density at radius 3 is 2.67 bits per heavy atom. The molecule has 0 aliphatic carbocycles. The number of ether oxygens (including phenoxy) is 2. The minimum absolute atomic E-state index is 0.267. The van der Waals surface area contributed by atoms with Gasteiger partial charge in [-0.2, -0.15) is 5.10 Å². The number of hydrazone groups is 1. The number of halogens is 1. The first-order valence-electron chi connectivity index (χ1n) is 6.59. The van der Waals surface area contributed by atoms with Gasteiger partial charge in [0.1, 0.15) is 0 Å². The molecule has 2 aromatic carbocycles. The Morgan fingerprint density at radius 2 is 1.90 bits per heavy atom. The van der Waals surface area contributed by atoms with Crippen molar-refractivity contribution in [2.75, 3.05) is 12.2 Å². The van der Waals surface area contributed by atoms with Gasteiger partial charge >= 0.3 is 0 Å². The van der Waals surface area contributed by atoms with Gasteiger partial charge in [0.25, 0.3) is 0 Å². The first kappa shape index (κ1) is 13.9. The maximum absolute atomic E-state index is 5.37. The third-order valence-electron chi connectivity index (χ3n) is 3.26. The Kier molecular flexibility index (Phi) is 3.84. The van der Waals surface area contributed by atoms with Crippen LogP contribution in [0.1, 0.15) is 16.7 Å². The summed E-state index contributed by atoms with van der Waals surface area (Å²) in [4.78, 5) is 0. The number of aryl methyl sites for hydroxylation is 2. The fraction of sp³-hybridized carbons (Fsp3) is 0.188. The van der Waals surface area contributed by atoms with Gasteiger partial charge in [-0.1, -0.05) is 17.7 Å². The topological polar surface area (TPSA) is 42.9 Å². The van der Waals surface area contributed by atoms with Crippen LogP contribution in [0.5, 0.6) is 11.5 Å². The van der Waals surface area contributed by atoms with Crippen LogP contribution in [0.2, 0.25) is 0 Å². The summed E-state index contributed by atoms with van der Waals surface area (Å²) < 4.78 is 11.6. The minimum Gasteiger partial charge on any atom is -0.454 e. The molecule has 21 heavy (non-hydrogen) atoms. The zero-order chi connectivity index (χ0) is 14.8. The predicted molar refractivity (Wildman–Crippen MR) is 87.4 cm³/mol. The van der Waals surface area contributed by atoms with E-state index in [0.717, 1.165) is 32.8 Å². The quantitative estimate of drug-likeness (QED) is 0.667. The molecule has 0 saturated heterocycles. The highest BCUT2D eigenvalue weighted by molar-refractivity contribution is 9.10. The van der Waals surface area contributed by atoms with Gasteiger partial charge in [0.2, 0.25) is 6.79 Å². The van der Waals surface area contributed by atoms with Crippen molar-refractivity contribution in [3.63, 3.8) is 0 Å². The van der Waals surface area contributed by atoms with Crippen molar-refractivity contribution in [2.24, 2.45) is 5.10 Å². The third-order valence-corrected chi connectivity index (χ3v) is 3.95. The summed E-state index contributed by atoms with van der Waals surface area (Å²) in [5.74, 6) is 1.49. The molecule has 108 valence electrons. The summed E-state index contributed by atoms with van der Waals surface area (Å²) >= 11 is 3.51. The maximum Gasteiger partial charge on any atom is 0.231 e. The summed E-state index contributed by atoms with van der Waals surface area (Å²) in [5.41, 5.74) is 7.38. The van der Waals surface area contributed by atoms with Gasteiger partial charge in [0, 0.05) is 10.0 Å². The van der Waals surface area contributed by atoms with Gasteiger partial charge in [-0.15, -0.1) is 0 Å². The van der Waals surface area contributed by atoms with Crippen LogP contribution >= 0.6 is 15.9 Å². The Morgan fingerprint density at radius 1 is 1.14 bits per heavy atom. The summed E-state index contributed by atoms with van der Waals surface area (Å²) in [6.45, 7) is 4.40. The molecule has 0 bridgehead atoms. The van der Waals surface area contributed by atoms with E-state index < -0.39 is 0 Å². The number of benzene rings is 2. The van der Waals surface area contributed by atoms with Crippen LogP contribution in [0.4, 0.5) is 5.69 Å². The number of hydrogen-bond acceptors (Lipinski definition) is 4. The first-order valence-corrected chi connectivity index (χ1v) is 7.38. The highest BCUT2D eigenvalue weighted by Crippen LogP contribution is 2.36. The van der Waals surface area contributed by atoms with E-state index in [2.05, 4.69) is 52.4 Å². The molecule has 0 unspecified atom stereocenters. The second-order valence-corrected chi connectivity index (χ2v) is 5.77. The van der Waals surface area contributed by atoms with Gasteiger partial charge in [0.05, 0.1) is 11.9 Å². The molecular weight excluding hydrogens is 332 g/mol. The second kappa shape index (κ2) is 5.77. The fourth-order valence-electron chi connectivity index (χ4n) is 2.14. The molecule has 1 heterocycles. The highest BCUT2D eigenvalue weighted by atomic mass is 79.9. The molecule has 5 heteroatoms. The number of nitrogens with one attached hydrogen (secondary N) is 1. The lowest BCUT2D eigenvalue weighted by Gasteiger charge is -2.06. The molecule has 1 aliphatic rings. The molecule has 2 aromatic rings. The fourth-order valence-corrected chi connectivity index (χ4v) is 2.57. The van der Waals surface area contributed by atoms with Crippen molar-refractivity contribution >= 4 is 27.8 Å². The first-order chi connectivity index (χ1) is 10.1. The zero-order valence-corrected chi connectivity index (χ0v) is 13.4. The molecule has 0 radical (unpaired) electrons. The predicted octanol–water partition coefficient (Wildman–Crippen LogP) is 4.24. The van der Waals surface area contributed by atoms with Gasteiger partial charge in [-0.25, -0.2) is 0 Å². The molecule has 4 nitrogen and oxygen atoms in total. The summed E-state index contributed by atoms with van der Waals surface area (Å²) in [6.07, 6.45) is 1.76. The SMILES string of the molecule is Cc1ccc(NN=Cc2cc3c(cc2Br)OCO3)c(C)c1. The second-order valence-electron chi connectivity index (χ2n) is 4.92. The van der Waals surface area contributed by atoms with Gasteiger partial charge in [-0.05, 0) is 53.5 Å². The Bertz CT molecular complexity index is 714. The van der Waals surface area contributed by atoms with Crippen LogP contribution < -0.4 is 14.9 Å². The lowest BCUT2D eigenvalue weighted by molar-refractivity contribution is 0.174. The van der Waals surface area contributed by atoms with Crippen LogP contribution in [0.15, 0.2) is 39.9 Å². The van der Waals surface area contributed by atoms with E-state index in [9.17, 15) is 0 Å². The number of anilines is 1. The number of hydrogen-bond donors (Lipinski definition) is 1. The molecule has 1 aliphatic heterocycles. The lowest BCUT2D eigenvalue weighted by Crippen LogP contribution is -1.94. The van der Waals surface area contributed by atoms with E-state index in [-0.39, 0.29) is 6.79 Å². The van der Waals surface area contributed by atoms with Gasteiger partial charge < -0.3 is 9.47 Å². The molecule has 0 saturated carbocycles. The normalized spacial score (nSPS) is 12.9. The van der Waals surface area contributed by atoms with E-state index in [1.165, 1.54) is 5.56 Å². The monoisotopic (exact) mass is 346 g/mol. The van der Waals surface area contributed by atoms with Crippen molar-refractivity contribution in [3.05, 3.63) is 51.5 Å². The van der Waals surface area contributed by atoms with Gasteiger partial charge in [-0.3, -0.25) is 5.43 Å². The van der Waals surface area contributed by atoms with Crippen LogP contribution in [-0.2, 0) is 0 Å². The molecule has 1 N–H and O–H groups in total. The van der Waals surface area contributed by atoms with E-state index in [1.807, 2.05) is 18.2 Å². The number of rotatable bonds is 3. The molecule has 0 fully saturated rings.